The van der Waals surface area contributed by atoms with Gasteiger partial charge in [0.25, 0.3) is 0 Å². The minimum Gasteiger partial charge on any atom is -0.455 e. The maximum absolute atomic E-state index is 11.3. The summed E-state index contributed by atoms with van der Waals surface area (Å²) in [6.45, 7) is 0. The predicted octanol–water partition coefficient (Wildman–Crippen LogP) is 3.79. The van der Waals surface area contributed by atoms with Gasteiger partial charge in [-0.15, -0.1) is 12.6 Å². The first-order valence-electron chi connectivity index (χ1n) is 5.58. The van der Waals surface area contributed by atoms with Crippen molar-refractivity contribution in [3.63, 3.8) is 0 Å². The molecule has 0 saturated carbocycles. The molecule has 0 radical (unpaired) electrons. The fraction of sp³-hybridized carbons (Fsp3) is 0.0769. The summed E-state index contributed by atoms with van der Waals surface area (Å²) in [7, 11) is -3.39. The van der Waals surface area contributed by atoms with Crippen LogP contribution in [0, 0.1) is 0 Å². The molecule has 0 unspecified atom stereocenters. The lowest BCUT2D eigenvalue weighted by atomic mass is 10.3. The van der Waals surface area contributed by atoms with E-state index in [1.54, 1.807) is 42.5 Å². The van der Waals surface area contributed by atoms with E-state index in [9.17, 15) is 8.42 Å². The number of hydrogen-bond acceptors (Lipinski definition) is 4. The summed E-state index contributed by atoms with van der Waals surface area (Å²) in [5, 5.41) is 0.592. The Morgan fingerprint density at radius 1 is 1.15 bits per heavy atom. The van der Waals surface area contributed by atoms with E-state index in [1.165, 1.54) is 0 Å². The number of benzene rings is 2. The molecule has 0 aliphatic rings. The fourth-order valence-electron chi connectivity index (χ4n) is 1.51. The van der Waals surface area contributed by atoms with E-state index in [-0.39, 0.29) is 0 Å². The number of ether oxygens (including phenoxy) is 1. The number of sulfonamides is 1. The molecule has 2 aromatic carbocycles. The van der Waals surface area contributed by atoms with Crippen molar-refractivity contribution in [2.24, 2.45) is 0 Å². The summed E-state index contributed by atoms with van der Waals surface area (Å²) in [4.78, 5) is 0.660. The lowest BCUT2D eigenvalue weighted by Gasteiger charge is -2.12. The van der Waals surface area contributed by atoms with E-state index in [1.807, 2.05) is 0 Å². The molecule has 0 fully saturated rings. The standard InChI is InChI=1S/C13H12ClNO3S2/c1-20(16,17)15-12-7-6-11(19)8-13(12)18-10-4-2-9(14)3-5-10/h2-8,15,19H,1H3. The van der Waals surface area contributed by atoms with Gasteiger partial charge in [0.15, 0.2) is 5.75 Å². The molecule has 4 nitrogen and oxygen atoms in total. The summed E-state index contributed by atoms with van der Waals surface area (Å²) in [6, 6.07) is 11.6. The van der Waals surface area contributed by atoms with Crippen LogP contribution < -0.4 is 9.46 Å². The molecule has 0 heterocycles. The average Bonchev–Trinajstić information content (AvgIpc) is 2.34. The Balaban J connectivity index is 2.34. The number of thiol groups is 1. The molecule has 0 amide bonds. The summed E-state index contributed by atoms with van der Waals surface area (Å²) >= 11 is 10.0. The Hall–Kier alpha value is -1.37. The first kappa shape index (κ1) is 15.0. The van der Waals surface area contributed by atoms with Gasteiger partial charge in [0.05, 0.1) is 11.9 Å². The maximum atomic E-state index is 11.3. The van der Waals surface area contributed by atoms with E-state index in [2.05, 4.69) is 17.4 Å². The zero-order valence-electron chi connectivity index (χ0n) is 10.5. The molecule has 2 aromatic rings. The third-order valence-electron chi connectivity index (χ3n) is 2.30. The zero-order chi connectivity index (χ0) is 14.8. The Morgan fingerprint density at radius 2 is 1.80 bits per heavy atom. The minimum atomic E-state index is -3.39. The number of rotatable bonds is 4. The molecule has 0 bridgehead atoms. The van der Waals surface area contributed by atoms with E-state index >= 15 is 0 Å². The summed E-state index contributed by atoms with van der Waals surface area (Å²) in [5.41, 5.74) is 0.347. The van der Waals surface area contributed by atoms with Crippen LogP contribution in [0.5, 0.6) is 11.5 Å². The Bertz CT molecular complexity index is 715. The van der Waals surface area contributed by atoms with Crippen LogP contribution in [0.15, 0.2) is 47.4 Å². The number of halogens is 1. The fourth-order valence-corrected chi connectivity index (χ4v) is 2.40. The Morgan fingerprint density at radius 3 is 2.40 bits per heavy atom. The third kappa shape index (κ3) is 4.33. The van der Waals surface area contributed by atoms with Crippen LogP contribution in [0.3, 0.4) is 0 Å². The third-order valence-corrected chi connectivity index (χ3v) is 3.42. The van der Waals surface area contributed by atoms with Crippen molar-refractivity contribution in [2.45, 2.75) is 4.90 Å². The zero-order valence-corrected chi connectivity index (χ0v) is 13.0. The van der Waals surface area contributed by atoms with Crippen LogP contribution >= 0.6 is 24.2 Å². The van der Waals surface area contributed by atoms with Crippen LogP contribution in [0.4, 0.5) is 5.69 Å². The van der Waals surface area contributed by atoms with Gasteiger partial charge in [-0.25, -0.2) is 8.42 Å². The summed E-state index contributed by atoms with van der Waals surface area (Å²) < 4.78 is 30.7. The monoisotopic (exact) mass is 329 g/mol. The Labute approximate surface area is 128 Å². The van der Waals surface area contributed by atoms with E-state index < -0.39 is 10.0 Å². The molecule has 0 aliphatic carbocycles. The molecule has 0 saturated heterocycles. The molecular formula is C13H12ClNO3S2. The summed E-state index contributed by atoms with van der Waals surface area (Å²) in [5.74, 6) is 0.912. The van der Waals surface area contributed by atoms with E-state index in [0.717, 1.165) is 6.26 Å². The second-order valence-corrected chi connectivity index (χ2v) is 6.81. The van der Waals surface area contributed by atoms with Gasteiger partial charge in [-0.3, -0.25) is 4.72 Å². The topological polar surface area (TPSA) is 55.4 Å². The van der Waals surface area contributed by atoms with Gasteiger partial charge >= 0.3 is 0 Å². The molecular weight excluding hydrogens is 318 g/mol. The van der Waals surface area contributed by atoms with E-state index in [4.69, 9.17) is 16.3 Å². The first-order valence-corrected chi connectivity index (χ1v) is 8.29. The number of hydrogen-bond donors (Lipinski definition) is 2. The largest absolute Gasteiger partial charge is 0.455 e. The van der Waals surface area contributed by atoms with Crippen LogP contribution in [-0.4, -0.2) is 14.7 Å². The van der Waals surface area contributed by atoms with Crippen molar-refractivity contribution in [2.75, 3.05) is 11.0 Å². The van der Waals surface area contributed by atoms with Gasteiger partial charge in [-0.05, 0) is 42.5 Å². The number of nitrogens with one attached hydrogen (secondary N) is 1. The van der Waals surface area contributed by atoms with Gasteiger partial charge in [-0.1, -0.05) is 11.6 Å². The van der Waals surface area contributed by atoms with Gasteiger partial charge in [-0.2, -0.15) is 0 Å². The highest BCUT2D eigenvalue weighted by molar-refractivity contribution is 7.92. The first-order chi connectivity index (χ1) is 9.33. The molecule has 20 heavy (non-hydrogen) atoms. The molecule has 7 heteroatoms. The molecule has 0 aliphatic heterocycles. The highest BCUT2D eigenvalue weighted by atomic mass is 35.5. The van der Waals surface area contributed by atoms with Crippen molar-refractivity contribution in [3.05, 3.63) is 47.5 Å². The van der Waals surface area contributed by atoms with Gasteiger partial charge < -0.3 is 4.74 Å². The van der Waals surface area contributed by atoms with Crippen molar-refractivity contribution in [1.82, 2.24) is 0 Å². The highest BCUT2D eigenvalue weighted by Crippen LogP contribution is 2.32. The molecule has 0 atom stereocenters. The van der Waals surface area contributed by atoms with Crippen molar-refractivity contribution in [3.8, 4) is 11.5 Å². The second-order valence-electron chi connectivity index (χ2n) is 4.11. The van der Waals surface area contributed by atoms with Gasteiger partial charge in [0, 0.05) is 9.92 Å². The highest BCUT2D eigenvalue weighted by Gasteiger charge is 2.10. The molecule has 0 aromatic heterocycles. The van der Waals surface area contributed by atoms with Crippen LogP contribution in [0.25, 0.3) is 0 Å². The van der Waals surface area contributed by atoms with Crippen LogP contribution in [0.1, 0.15) is 0 Å². The molecule has 0 spiro atoms. The minimum absolute atomic E-state index is 0.347. The van der Waals surface area contributed by atoms with Crippen molar-refractivity contribution >= 4 is 39.9 Å². The maximum Gasteiger partial charge on any atom is 0.229 e. The van der Waals surface area contributed by atoms with Crippen LogP contribution in [-0.2, 0) is 10.0 Å². The lowest BCUT2D eigenvalue weighted by molar-refractivity contribution is 0.483. The quantitative estimate of drug-likeness (QED) is 0.839. The molecule has 106 valence electrons. The molecule has 2 rings (SSSR count). The predicted molar refractivity (Wildman–Crippen MR) is 83.7 cm³/mol. The van der Waals surface area contributed by atoms with Gasteiger partial charge in [0.1, 0.15) is 5.75 Å². The summed E-state index contributed by atoms with van der Waals surface area (Å²) in [6.07, 6.45) is 1.08. The van der Waals surface area contributed by atoms with Gasteiger partial charge in [0.2, 0.25) is 10.0 Å². The second kappa shape index (κ2) is 5.95. The Kier molecular flexibility index (Phi) is 4.47. The molecule has 1 N–H and O–H groups in total. The van der Waals surface area contributed by atoms with Crippen molar-refractivity contribution in [1.29, 1.82) is 0 Å². The number of anilines is 1. The normalized spacial score (nSPS) is 11.2. The SMILES string of the molecule is CS(=O)(=O)Nc1ccc(S)cc1Oc1ccc(Cl)cc1. The van der Waals surface area contributed by atoms with Crippen molar-refractivity contribution < 1.29 is 13.2 Å². The van der Waals surface area contributed by atoms with Crippen LogP contribution in [0.2, 0.25) is 5.02 Å². The average molecular weight is 330 g/mol. The smallest absolute Gasteiger partial charge is 0.229 e. The lowest BCUT2D eigenvalue weighted by Crippen LogP contribution is -2.10. The van der Waals surface area contributed by atoms with E-state index in [0.29, 0.717) is 27.1 Å².